The quantitative estimate of drug-likeness (QED) is 0.907. The number of carbonyl (C=O) groups is 2. The highest BCUT2D eigenvalue weighted by atomic mass is 16.5. The fourth-order valence-corrected chi connectivity index (χ4v) is 3.29. The highest BCUT2D eigenvalue weighted by molar-refractivity contribution is 5.92. The van der Waals surface area contributed by atoms with E-state index in [2.05, 4.69) is 10.5 Å². The van der Waals surface area contributed by atoms with Gasteiger partial charge in [-0.2, -0.15) is 0 Å². The summed E-state index contributed by atoms with van der Waals surface area (Å²) in [6.07, 6.45) is 3.66. The van der Waals surface area contributed by atoms with Crippen LogP contribution in [0.15, 0.2) is 47.2 Å². The van der Waals surface area contributed by atoms with E-state index in [0.29, 0.717) is 13.1 Å². The van der Waals surface area contributed by atoms with Gasteiger partial charge >= 0.3 is 0 Å². The molecule has 1 aromatic heterocycles. The van der Waals surface area contributed by atoms with Gasteiger partial charge in [-0.05, 0) is 24.8 Å². The molecule has 2 aromatic rings. The molecule has 6 nitrogen and oxygen atoms in total. The van der Waals surface area contributed by atoms with E-state index in [0.717, 1.165) is 24.8 Å². The Labute approximate surface area is 147 Å². The van der Waals surface area contributed by atoms with E-state index in [4.69, 9.17) is 4.52 Å². The van der Waals surface area contributed by atoms with Crippen molar-refractivity contribution in [1.29, 1.82) is 0 Å². The van der Waals surface area contributed by atoms with Crippen LogP contribution in [0, 0.1) is 0 Å². The summed E-state index contributed by atoms with van der Waals surface area (Å²) in [5.74, 6) is -0.147. The normalized spacial score (nSPS) is 16.4. The molecule has 0 radical (unpaired) electrons. The van der Waals surface area contributed by atoms with Crippen LogP contribution < -0.4 is 5.32 Å². The van der Waals surface area contributed by atoms with E-state index >= 15 is 0 Å². The van der Waals surface area contributed by atoms with Crippen molar-refractivity contribution in [1.82, 2.24) is 15.4 Å². The van der Waals surface area contributed by atoms with Gasteiger partial charge in [-0.1, -0.05) is 42.4 Å². The summed E-state index contributed by atoms with van der Waals surface area (Å²) in [4.78, 5) is 26.8. The second kappa shape index (κ2) is 7.96. The maximum Gasteiger partial charge on any atom is 0.273 e. The fraction of sp³-hybridized carbons (Fsp3) is 0.421. The van der Waals surface area contributed by atoms with E-state index < -0.39 is 0 Å². The highest BCUT2D eigenvalue weighted by Gasteiger charge is 2.29. The average Bonchev–Trinajstić information content (AvgIpc) is 3.19. The van der Waals surface area contributed by atoms with Crippen molar-refractivity contribution in [2.75, 3.05) is 13.1 Å². The third-order valence-corrected chi connectivity index (χ3v) is 4.72. The number of rotatable bonds is 5. The molecule has 0 aliphatic carbocycles. The SMILES string of the molecule is CC[C@H](C(=O)N1CCC(NC(=O)c2ccon2)CC1)c1ccccc1. The second-order valence-electron chi connectivity index (χ2n) is 6.33. The third-order valence-electron chi connectivity index (χ3n) is 4.72. The van der Waals surface area contributed by atoms with Gasteiger partial charge in [0.1, 0.15) is 6.26 Å². The van der Waals surface area contributed by atoms with E-state index in [1.165, 1.54) is 6.26 Å². The van der Waals surface area contributed by atoms with Crippen LogP contribution in [-0.4, -0.2) is 41.0 Å². The first kappa shape index (κ1) is 17.2. The molecule has 0 bridgehead atoms. The summed E-state index contributed by atoms with van der Waals surface area (Å²) >= 11 is 0. The van der Waals surface area contributed by atoms with Crippen molar-refractivity contribution in [2.45, 2.75) is 38.1 Å². The Bertz CT molecular complexity index is 692. The Hall–Kier alpha value is -2.63. The molecule has 1 N–H and O–H groups in total. The zero-order valence-electron chi connectivity index (χ0n) is 14.4. The molecule has 3 rings (SSSR count). The predicted molar refractivity (Wildman–Crippen MR) is 93.0 cm³/mol. The zero-order chi connectivity index (χ0) is 17.6. The van der Waals surface area contributed by atoms with Crippen molar-refractivity contribution in [3.63, 3.8) is 0 Å². The number of carbonyl (C=O) groups excluding carboxylic acids is 2. The van der Waals surface area contributed by atoms with E-state index in [1.807, 2.05) is 42.2 Å². The molecule has 2 amide bonds. The minimum atomic E-state index is -0.228. The largest absolute Gasteiger partial charge is 0.364 e. The van der Waals surface area contributed by atoms with Gasteiger partial charge < -0.3 is 14.7 Å². The van der Waals surface area contributed by atoms with Crippen LogP contribution in [0.5, 0.6) is 0 Å². The molecule has 0 saturated carbocycles. The number of benzene rings is 1. The summed E-state index contributed by atoms with van der Waals surface area (Å²) < 4.78 is 4.69. The van der Waals surface area contributed by atoms with Gasteiger partial charge in [-0.25, -0.2) is 0 Å². The molecular weight excluding hydrogens is 318 g/mol. The van der Waals surface area contributed by atoms with Gasteiger partial charge in [0.15, 0.2) is 5.69 Å². The highest BCUT2D eigenvalue weighted by Crippen LogP contribution is 2.24. The monoisotopic (exact) mass is 341 g/mol. The van der Waals surface area contributed by atoms with Crippen molar-refractivity contribution in [3.8, 4) is 0 Å². The smallest absolute Gasteiger partial charge is 0.273 e. The molecule has 0 unspecified atom stereocenters. The van der Waals surface area contributed by atoms with E-state index in [9.17, 15) is 9.59 Å². The number of likely N-dealkylation sites (tertiary alicyclic amines) is 1. The van der Waals surface area contributed by atoms with Gasteiger partial charge in [0.2, 0.25) is 5.91 Å². The zero-order valence-corrected chi connectivity index (χ0v) is 14.4. The molecule has 2 heterocycles. The van der Waals surface area contributed by atoms with Crippen LogP contribution in [0.1, 0.15) is 48.2 Å². The van der Waals surface area contributed by atoms with E-state index in [-0.39, 0.29) is 29.5 Å². The Morgan fingerprint density at radius 1 is 1.24 bits per heavy atom. The molecule has 25 heavy (non-hydrogen) atoms. The Morgan fingerprint density at radius 2 is 1.96 bits per heavy atom. The maximum atomic E-state index is 12.9. The number of amides is 2. The van der Waals surface area contributed by atoms with Crippen LogP contribution in [0.4, 0.5) is 0 Å². The first-order valence-electron chi connectivity index (χ1n) is 8.74. The Balaban J connectivity index is 1.54. The molecule has 1 fully saturated rings. The molecular formula is C19H23N3O3. The summed E-state index contributed by atoms with van der Waals surface area (Å²) in [7, 11) is 0. The lowest BCUT2D eigenvalue weighted by atomic mass is 9.93. The lowest BCUT2D eigenvalue weighted by molar-refractivity contribution is -0.134. The van der Waals surface area contributed by atoms with Crippen molar-refractivity contribution in [2.24, 2.45) is 0 Å². The van der Waals surface area contributed by atoms with Crippen LogP contribution in [0.3, 0.4) is 0 Å². The first-order valence-corrected chi connectivity index (χ1v) is 8.74. The molecule has 1 atom stereocenters. The van der Waals surface area contributed by atoms with Gasteiger partial charge in [0, 0.05) is 25.2 Å². The molecule has 0 spiro atoms. The molecule has 1 aliphatic heterocycles. The third kappa shape index (κ3) is 4.07. The lowest BCUT2D eigenvalue weighted by Crippen LogP contribution is -2.47. The number of nitrogens with zero attached hydrogens (tertiary/aromatic N) is 2. The molecule has 132 valence electrons. The summed E-state index contributed by atoms with van der Waals surface area (Å²) in [5, 5.41) is 6.60. The van der Waals surface area contributed by atoms with Gasteiger partial charge in [-0.15, -0.1) is 0 Å². The van der Waals surface area contributed by atoms with Crippen LogP contribution in [-0.2, 0) is 4.79 Å². The number of piperidine rings is 1. The average molecular weight is 341 g/mol. The summed E-state index contributed by atoms with van der Waals surface area (Å²) in [5.41, 5.74) is 1.35. The van der Waals surface area contributed by atoms with Crippen LogP contribution >= 0.6 is 0 Å². The topological polar surface area (TPSA) is 75.4 Å². The van der Waals surface area contributed by atoms with Crippen LogP contribution in [0.25, 0.3) is 0 Å². The molecule has 6 heteroatoms. The van der Waals surface area contributed by atoms with Crippen molar-refractivity contribution in [3.05, 3.63) is 53.9 Å². The fourth-order valence-electron chi connectivity index (χ4n) is 3.29. The van der Waals surface area contributed by atoms with Gasteiger partial charge in [-0.3, -0.25) is 9.59 Å². The Kier molecular flexibility index (Phi) is 5.48. The predicted octanol–water partition coefficient (Wildman–Crippen LogP) is 2.59. The van der Waals surface area contributed by atoms with Crippen molar-refractivity contribution >= 4 is 11.8 Å². The van der Waals surface area contributed by atoms with Crippen molar-refractivity contribution < 1.29 is 14.1 Å². The number of hydrogen-bond acceptors (Lipinski definition) is 4. The van der Waals surface area contributed by atoms with E-state index in [1.54, 1.807) is 6.07 Å². The number of hydrogen-bond donors (Lipinski definition) is 1. The lowest BCUT2D eigenvalue weighted by Gasteiger charge is -2.34. The molecule has 1 aliphatic rings. The van der Waals surface area contributed by atoms with Crippen LogP contribution in [0.2, 0.25) is 0 Å². The maximum absolute atomic E-state index is 12.9. The minimum absolute atomic E-state index is 0.0602. The van der Waals surface area contributed by atoms with Gasteiger partial charge in [0.25, 0.3) is 5.91 Å². The number of nitrogens with one attached hydrogen (secondary N) is 1. The molecule has 1 saturated heterocycles. The number of aromatic nitrogens is 1. The minimum Gasteiger partial charge on any atom is -0.364 e. The molecule has 1 aromatic carbocycles. The Morgan fingerprint density at radius 3 is 2.56 bits per heavy atom. The first-order chi connectivity index (χ1) is 12.2. The summed E-state index contributed by atoms with van der Waals surface area (Å²) in [6, 6.07) is 11.5. The second-order valence-corrected chi connectivity index (χ2v) is 6.33. The summed E-state index contributed by atoms with van der Waals surface area (Å²) in [6.45, 7) is 3.36. The standard InChI is InChI=1S/C19H23N3O3/c1-2-16(14-6-4-3-5-7-14)19(24)22-11-8-15(9-12-22)20-18(23)17-10-13-25-21-17/h3-7,10,13,15-16H,2,8-9,11-12H2,1H3,(H,20,23)/t16-/m0/s1. The van der Waals surface area contributed by atoms with Gasteiger partial charge in [0.05, 0.1) is 5.92 Å².